The number of halogens is 4. The van der Waals surface area contributed by atoms with Gasteiger partial charge in [0.1, 0.15) is 59.9 Å². The lowest BCUT2D eigenvalue weighted by Gasteiger charge is -2.45. The van der Waals surface area contributed by atoms with Crippen LogP contribution >= 0.6 is 0 Å². The third kappa shape index (κ3) is 11.7. The van der Waals surface area contributed by atoms with Gasteiger partial charge < -0.3 is 39.0 Å². The quantitative estimate of drug-likeness (QED) is 0.0715. The minimum atomic E-state index is -2.79. The molecular weight excluding hydrogens is 989 g/mol. The van der Waals surface area contributed by atoms with E-state index in [2.05, 4.69) is 40.4 Å². The van der Waals surface area contributed by atoms with E-state index < -0.39 is 65.8 Å². The van der Waals surface area contributed by atoms with Crippen LogP contribution in [0.4, 0.5) is 61.8 Å². The Labute approximate surface area is 428 Å². The van der Waals surface area contributed by atoms with E-state index in [0.717, 1.165) is 44.5 Å². The molecular formula is C51H58F4N10O10. The summed E-state index contributed by atoms with van der Waals surface area (Å²) in [5.41, 5.74) is 1.59. The number of ketones is 2. The van der Waals surface area contributed by atoms with Gasteiger partial charge in [-0.2, -0.15) is 0 Å². The van der Waals surface area contributed by atoms with Crippen molar-refractivity contribution < 1.29 is 65.9 Å². The number of aromatic nitrogens is 4. The number of carbonyl (C=O) groups is 4. The Balaban J connectivity index is 0.000000172. The Morgan fingerprint density at radius 3 is 1.67 bits per heavy atom. The largest absolute Gasteiger partial charge is 0.491 e. The number of amides is 4. The van der Waals surface area contributed by atoms with Crippen molar-refractivity contribution >= 4 is 58.3 Å². The Kier molecular flexibility index (Phi) is 14.3. The lowest BCUT2D eigenvalue weighted by atomic mass is 9.99. The molecule has 0 radical (unpaired) electrons. The highest BCUT2D eigenvalue weighted by Gasteiger charge is 2.58. The monoisotopic (exact) mass is 1050 g/mol. The molecule has 5 fully saturated rings. The maximum absolute atomic E-state index is 13.6. The number of carbonyl (C=O) groups excluding carboxylic acids is 4. The van der Waals surface area contributed by atoms with E-state index in [0.29, 0.717) is 54.3 Å². The molecule has 4 bridgehead atoms. The van der Waals surface area contributed by atoms with Gasteiger partial charge in [0.2, 0.25) is 0 Å². The molecule has 24 heteroatoms. The number of ether oxygens (including phenoxy) is 4. The van der Waals surface area contributed by atoms with Crippen molar-refractivity contribution in [1.29, 1.82) is 0 Å². The van der Waals surface area contributed by atoms with Gasteiger partial charge in [0, 0.05) is 88.2 Å². The van der Waals surface area contributed by atoms with Crippen LogP contribution in [0.25, 0.3) is 0 Å². The summed E-state index contributed by atoms with van der Waals surface area (Å²) in [5.74, 6) is -7.00. The van der Waals surface area contributed by atoms with E-state index in [9.17, 15) is 41.8 Å². The SMILES string of the molecule is CC1(C)OC[C@H](COc2ccnc(NC(=O)N3c4nc(C(=O)CC5CC5(F)F)ccc4N4CCC[C@H]3C4)c2)O1.O=C(CC1CC1(F)F)c1ccc2c(n1)N(C(=O)Nc1cc(OC[C@H](O)CO)ccn1)[C@H]1CCCN2C1. The second-order valence-electron chi connectivity index (χ2n) is 20.4. The first kappa shape index (κ1) is 51.7. The number of fused-ring (bicyclic) bond motifs is 8. The number of alkyl halides is 4. The van der Waals surface area contributed by atoms with Crippen molar-refractivity contribution in [2.75, 3.05) is 82.8 Å². The van der Waals surface area contributed by atoms with Gasteiger partial charge in [-0.1, -0.05) is 0 Å². The highest BCUT2D eigenvalue weighted by atomic mass is 19.3. The Morgan fingerprint density at radius 1 is 0.747 bits per heavy atom. The first-order valence-corrected chi connectivity index (χ1v) is 25.2. The fourth-order valence-electron chi connectivity index (χ4n) is 10.1. The highest BCUT2D eigenvalue weighted by molar-refractivity contribution is 6.06. The van der Waals surface area contributed by atoms with Crippen molar-refractivity contribution in [3.05, 3.63) is 72.3 Å². The molecule has 9 heterocycles. The number of pyridine rings is 4. The number of nitrogens with zero attached hydrogens (tertiary/aromatic N) is 8. The number of aliphatic hydroxyl groups is 2. The first-order chi connectivity index (χ1) is 35.8. The van der Waals surface area contributed by atoms with Crippen LogP contribution in [-0.4, -0.2) is 148 Å². The Bertz CT molecular complexity index is 2830. The zero-order chi connectivity index (χ0) is 52.8. The summed E-state index contributed by atoms with van der Waals surface area (Å²) in [6.45, 7) is 6.69. The molecule has 3 saturated heterocycles. The van der Waals surface area contributed by atoms with Gasteiger partial charge in [0.15, 0.2) is 29.0 Å². The lowest BCUT2D eigenvalue weighted by Crippen LogP contribution is -2.56. The maximum atomic E-state index is 13.6. The van der Waals surface area contributed by atoms with E-state index in [1.54, 1.807) is 41.3 Å². The van der Waals surface area contributed by atoms with E-state index >= 15 is 0 Å². The molecule has 75 heavy (non-hydrogen) atoms. The smallest absolute Gasteiger partial charge is 0.329 e. The first-order valence-electron chi connectivity index (χ1n) is 25.2. The third-order valence-corrected chi connectivity index (χ3v) is 14.2. The van der Waals surface area contributed by atoms with E-state index in [1.165, 1.54) is 29.4 Å². The number of piperidine rings is 2. The van der Waals surface area contributed by atoms with Gasteiger partial charge in [-0.3, -0.25) is 30.0 Å². The summed E-state index contributed by atoms with van der Waals surface area (Å²) in [6, 6.07) is 11.7. The van der Waals surface area contributed by atoms with Gasteiger partial charge in [-0.15, -0.1) is 0 Å². The summed E-state index contributed by atoms with van der Waals surface area (Å²) >= 11 is 0. The number of Topliss-reactive ketones (excluding diaryl/α,β-unsaturated/α-hetero) is 2. The van der Waals surface area contributed by atoms with E-state index in [1.807, 2.05) is 13.8 Å². The Hall–Kier alpha value is -6.76. The van der Waals surface area contributed by atoms with Crippen LogP contribution in [0.2, 0.25) is 0 Å². The van der Waals surface area contributed by atoms with Gasteiger partial charge in [-0.25, -0.2) is 47.1 Å². The molecule has 5 aliphatic heterocycles. The van der Waals surface area contributed by atoms with Crippen molar-refractivity contribution in [3.63, 3.8) is 0 Å². The summed E-state index contributed by atoms with van der Waals surface area (Å²) < 4.78 is 76.0. The normalized spacial score (nSPS) is 24.3. The lowest BCUT2D eigenvalue weighted by molar-refractivity contribution is -0.141. The van der Waals surface area contributed by atoms with E-state index in [4.69, 9.17) is 24.1 Å². The van der Waals surface area contributed by atoms with Gasteiger partial charge in [0.05, 0.1) is 36.7 Å². The Morgan fingerprint density at radius 2 is 1.23 bits per heavy atom. The van der Waals surface area contributed by atoms with Gasteiger partial charge in [-0.05, 0) is 75.9 Å². The second-order valence-corrected chi connectivity index (χ2v) is 20.4. The molecule has 7 aliphatic rings. The molecule has 6 atom stereocenters. The fraction of sp³-hybridized carbons (Fsp3) is 0.529. The maximum Gasteiger partial charge on any atom is 0.329 e. The minimum absolute atomic E-state index is 0.0615. The van der Waals surface area contributed by atoms with Crippen molar-refractivity contribution in [2.45, 2.75) is 107 Å². The summed E-state index contributed by atoms with van der Waals surface area (Å²) in [4.78, 5) is 77.2. The second kappa shape index (κ2) is 20.8. The summed E-state index contributed by atoms with van der Waals surface area (Å²) in [7, 11) is 0. The molecule has 2 unspecified atom stereocenters. The summed E-state index contributed by atoms with van der Waals surface area (Å²) in [5, 5.41) is 24.0. The van der Waals surface area contributed by atoms with Crippen LogP contribution in [0.1, 0.15) is 86.2 Å². The third-order valence-electron chi connectivity index (χ3n) is 14.2. The molecule has 2 saturated carbocycles. The number of hydrogen-bond acceptors (Lipinski definition) is 16. The molecule has 2 aliphatic carbocycles. The number of urea groups is 2. The predicted molar refractivity (Wildman–Crippen MR) is 263 cm³/mol. The van der Waals surface area contributed by atoms with Crippen molar-refractivity contribution in [2.24, 2.45) is 11.8 Å². The topological polar surface area (TPSA) is 234 Å². The zero-order valence-corrected chi connectivity index (χ0v) is 41.3. The van der Waals surface area contributed by atoms with Crippen LogP contribution in [-0.2, 0) is 9.47 Å². The van der Waals surface area contributed by atoms with Crippen LogP contribution < -0.4 is 39.7 Å². The molecule has 4 aromatic heterocycles. The zero-order valence-electron chi connectivity index (χ0n) is 41.3. The molecule has 4 amide bonds. The van der Waals surface area contributed by atoms with Crippen molar-refractivity contribution in [1.82, 2.24) is 19.9 Å². The number of aliphatic hydroxyl groups excluding tert-OH is 2. The average molecular weight is 1050 g/mol. The molecule has 0 aromatic carbocycles. The van der Waals surface area contributed by atoms with Crippen LogP contribution in [0, 0.1) is 11.8 Å². The minimum Gasteiger partial charge on any atom is -0.491 e. The highest BCUT2D eigenvalue weighted by Crippen LogP contribution is 2.52. The summed E-state index contributed by atoms with van der Waals surface area (Å²) in [6.07, 6.45) is 3.92. The molecule has 11 rings (SSSR count). The predicted octanol–water partition coefficient (Wildman–Crippen LogP) is 6.71. The molecule has 20 nitrogen and oxygen atoms in total. The molecule has 400 valence electrons. The fourth-order valence-corrected chi connectivity index (χ4v) is 10.1. The molecule has 0 spiro atoms. The standard InChI is InChI=1S/C27H31F2N5O5.C24H27F2N5O5/c1-26(2)38-15-19(39-26)14-37-18-7-8-30-23(11-18)32-25(36)34-17-4-3-9-33(13-17)21-6-5-20(31-24(21)34)22(35)10-16-12-27(16,28)29;25-24(26)10-14(24)8-20(34)18-3-4-19-22(28-18)31(15-2-1-7-30(19)11-15)23(35)29-21-9-17(5-6-27-21)36-13-16(33)12-32/h5-8,11,16-17,19H,3-4,9-10,12-15H2,1-2H3,(H,30,32,36);3-6,9,14-16,32-33H,1-2,7-8,10-13H2,(H,27,29,35)/t16?,17-,19-;14?,15-,16+/m00/s1. The van der Waals surface area contributed by atoms with Crippen LogP contribution in [0.3, 0.4) is 0 Å². The van der Waals surface area contributed by atoms with Gasteiger partial charge >= 0.3 is 12.1 Å². The van der Waals surface area contributed by atoms with Crippen LogP contribution in [0.15, 0.2) is 60.9 Å². The van der Waals surface area contributed by atoms with Gasteiger partial charge in [0.25, 0.3) is 11.8 Å². The number of anilines is 6. The number of rotatable bonds is 15. The molecule has 4 aromatic rings. The van der Waals surface area contributed by atoms with Crippen LogP contribution in [0.5, 0.6) is 11.5 Å². The average Bonchev–Trinajstić information content (AvgIpc) is 4.14. The van der Waals surface area contributed by atoms with E-state index in [-0.39, 0.29) is 74.3 Å². The number of hydrogen-bond donors (Lipinski definition) is 4. The molecule has 4 N–H and O–H groups in total. The van der Waals surface area contributed by atoms with Crippen molar-refractivity contribution in [3.8, 4) is 11.5 Å². The number of nitrogens with one attached hydrogen (secondary N) is 2.